The highest BCUT2D eigenvalue weighted by Crippen LogP contribution is 2.24. The minimum absolute atomic E-state index is 0.792. The van der Waals surface area contributed by atoms with E-state index in [9.17, 15) is 0 Å². The van der Waals surface area contributed by atoms with Crippen molar-refractivity contribution < 1.29 is 0 Å². The van der Waals surface area contributed by atoms with E-state index in [2.05, 4.69) is 64.3 Å². The van der Waals surface area contributed by atoms with Crippen LogP contribution in [-0.2, 0) is 12.3 Å². The number of benzene rings is 1. The highest BCUT2D eigenvalue weighted by Gasteiger charge is 2.05. The van der Waals surface area contributed by atoms with Crippen LogP contribution >= 0.6 is 28.6 Å². The van der Waals surface area contributed by atoms with Gasteiger partial charge in [-0.1, -0.05) is 15.9 Å². The van der Waals surface area contributed by atoms with Crippen molar-refractivity contribution in [3.63, 3.8) is 0 Å². The Bertz CT molecular complexity index is 462. The Kier molecular flexibility index (Phi) is 2.88. The van der Waals surface area contributed by atoms with Crippen molar-refractivity contribution in [2.24, 2.45) is 0 Å². The van der Waals surface area contributed by atoms with Crippen LogP contribution < -0.4 is 0 Å². The Hall–Kier alpha value is -0.410. The van der Waals surface area contributed by atoms with Gasteiger partial charge in [0.1, 0.15) is 0 Å². The van der Waals surface area contributed by atoms with E-state index in [0.717, 1.165) is 16.8 Å². The smallest absolute Gasteiger partial charge is 0.0483 e. The lowest BCUT2D eigenvalue weighted by Gasteiger charge is -2.04. The zero-order valence-corrected chi connectivity index (χ0v) is 10.5. The Morgan fingerprint density at radius 3 is 2.79 bits per heavy atom. The summed E-state index contributed by atoms with van der Waals surface area (Å²) in [5, 5.41) is 1.28. The summed E-state index contributed by atoms with van der Waals surface area (Å²) >= 11 is 7.82. The first-order chi connectivity index (χ1) is 6.76. The van der Waals surface area contributed by atoms with Gasteiger partial charge >= 0.3 is 0 Å². The second-order valence-corrected chi connectivity index (χ2v) is 4.47. The van der Waals surface area contributed by atoms with Crippen LogP contribution in [0.1, 0.15) is 12.6 Å². The molecule has 0 N–H and O–H groups in total. The Labute approximate surface area is 97.6 Å². The number of aromatic nitrogens is 1. The predicted molar refractivity (Wildman–Crippen MR) is 68.0 cm³/mol. The molecule has 0 aliphatic carbocycles. The van der Waals surface area contributed by atoms with Crippen LogP contribution in [0.4, 0.5) is 0 Å². The van der Waals surface area contributed by atoms with Crippen LogP contribution in [0.2, 0.25) is 0 Å². The summed E-state index contributed by atoms with van der Waals surface area (Å²) in [6.45, 7) is 3.16. The quantitative estimate of drug-likeness (QED) is 0.791. The topological polar surface area (TPSA) is 4.93 Å². The summed E-state index contributed by atoms with van der Waals surface area (Å²) in [7, 11) is 0. The number of rotatable bonds is 2. The molecule has 0 bridgehead atoms. The van der Waals surface area contributed by atoms with Crippen molar-refractivity contribution in [3.8, 4) is 0 Å². The van der Waals surface area contributed by atoms with E-state index in [4.69, 9.17) is 0 Å². The van der Waals surface area contributed by atoms with E-state index < -0.39 is 0 Å². The summed E-state index contributed by atoms with van der Waals surface area (Å²) in [6, 6.07) is 8.58. The summed E-state index contributed by atoms with van der Waals surface area (Å²) in [5.74, 6) is 0.792. The molecule has 0 atom stereocenters. The molecule has 0 unspecified atom stereocenters. The van der Waals surface area contributed by atoms with Crippen LogP contribution in [-0.4, -0.2) is 4.57 Å². The van der Waals surface area contributed by atoms with Gasteiger partial charge in [-0.05, 0) is 31.2 Å². The first-order valence-corrected chi connectivity index (χ1v) is 6.07. The fraction of sp³-hybridized carbons (Fsp3) is 0.273. The largest absolute Gasteiger partial charge is 0.344 e. The maximum Gasteiger partial charge on any atom is 0.0483 e. The minimum atomic E-state index is 0.792. The van der Waals surface area contributed by atoms with Gasteiger partial charge in [-0.25, -0.2) is 0 Å². The van der Waals surface area contributed by atoms with E-state index in [1.165, 1.54) is 16.6 Å². The molecule has 3 heteroatoms. The zero-order chi connectivity index (χ0) is 10.1. The van der Waals surface area contributed by atoms with Gasteiger partial charge in [0.05, 0.1) is 0 Å². The number of fused-ring (bicyclic) bond motifs is 1. The van der Waals surface area contributed by atoms with Gasteiger partial charge in [-0.2, -0.15) is 12.6 Å². The SMILES string of the molecule is CCn1c(CS)cc2cc(Br)ccc21. The molecule has 0 amide bonds. The zero-order valence-electron chi connectivity index (χ0n) is 8.00. The fourth-order valence-corrected chi connectivity index (χ4v) is 2.44. The minimum Gasteiger partial charge on any atom is -0.344 e. The Morgan fingerprint density at radius 2 is 2.14 bits per heavy atom. The van der Waals surface area contributed by atoms with Crippen molar-refractivity contribution in [2.45, 2.75) is 19.2 Å². The number of aryl methyl sites for hydroxylation is 1. The van der Waals surface area contributed by atoms with Crippen LogP contribution in [0.15, 0.2) is 28.7 Å². The van der Waals surface area contributed by atoms with Crippen molar-refractivity contribution in [2.75, 3.05) is 0 Å². The lowest BCUT2D eigenvalue weighted by Crippen LogP contribution is -1.97. The summed E-state index contributed by atoms with van der Waals surface area (Å²) in [5.41, 5.74) is 2.57. The van der Waals surface area contributed by atoms with Crippen molar-refractivity contribution >= 4 is 39.5 Å². The summed E-state index contributed by atoms with van der Waals surface area (Å²) in [4.78, 5) is 0. The first kappa shape index (κ1) is 10.1. The summed E-state index contributed by atoms with van der Waals surface area (Å²) < 4.78 is 3.43. The van der Waals surface area contributed by atoms with Gasteiger partial charge in [0.15, 0.2) is 0 Å². The van der Waals surface area contributed by atoms with Crippen LogP contribution in [0, 0.1) is 0 Å². The van der Waals surface area contributed by atoms with Crippen LogP contribution in [0.25, 0.3) is 10.9 Å². The molecule has 0 saturated heterocycles. The third kappa shape index (κ3) is 1.59. The Balaban J connectivity index is 2.73. The van der Waals surface area contributed by atoms with Gasteiger partial charge in [-0.15, -0.1) is 0 Å². The molecule has 1 nitrogen and oxygen atoms in total. The molecule has 1 aromatic carbocycles. The summed E-state index contributed by atoms with van der Waals surface area (Å²) in [6.07, 6.45) is 0. The molecule has 0 spiro atoms. The van der Waals surface area contributed by atoms with E-state index in [-0.39, 0.29) is 0 Å². The molecule has 2 rings (SSSR count). The molecule has 0 aliphatic rings. The van der Waals surface area contributed by atoms with E-state index in [1.807, 2.05) is 0 Å². The lowest BCUT2D eigenvalue weighted by atomic mass is 10.2. The molecular weight excluding hydrogens is 258 g/mol. The number of hydrogen-bond donors (Lipinski definition) is 1. The molecular formula is C11H12BrNS. The first-order valence-electron chi connectivity index (χ1n) is 4.64. The molecule has 0 aliphatic heterocycles. The highest BCUT2D eigenvalue weighted by atomic mass is 79.9. The van der Waals surface area contributed by atoms with Crippen molar-refractivity contribution in [1.29, 1.82) is 0 Å². The maximum atomic E-state index is 4.34. The molecule has 0 saturated carbocycles. The van der Waals surface area contributed by atoms with E-state index >= 15 is 0 Å². The number of halogens is 1. The molecule has 1 heterocycles. The average molecular weight is 270 g/mol. The number of thiol groups is 1. The van der Waals surface area contributed by atoms with Gasteiger partial charge in [0, 0.05) is 33.4 Å². The second kappa shape index (κ2) is 3.99. The monoisotopic (exact) mass is 269 g/mol. The van der Waals surface area contributed by atoms with E-state index in [1.54, 1.807) is 0 Å². The fourth-order valence-electron chi connectivity index (χ4n) is 1.80. The van der Waals surface area contributed by atoms with Gasteiger partial charge < -0.3 is 4.57 Å². The van der Waals surface area contributed by atoms with Gasteiger partial charge in [0.25, 0.3) is 0 Å². The van der Waals surface area contributed by atoms with Crippen molar-refractivity contribution in [3.05, 3.63) is 34.4 Å². The van der Waals surface area contributed by atoms with Crippen molar-refractivity contribution in [1.82, 2.24) is 4.57 Å². The van der Waals surface area contributed by atoms with Gasteiger partial charge in [-0.3, -0.25) is 0 Å². The number of hydrogen-bond acceptors (Lipinski definition) is 1. The van der Waals surface area contributed by atoms with Crippen LogP contribution in [0.5, 0.6) is 0 Å². The Morgan fingerprint density at radius 1 is 1.36 bits per heavy atom. The average Bonchev–Trinajstić information content (AvgIpc) is 2.54. The molecule has 0 fully saturated rings. The molecule has 2 aromatic rings. The number of nitrogens with zero attached hydrogens (tertiary/aromatic N) is 1. The molecule has 1 aromatic heterocycles. The third-order valence-electron chi connectivity index (χ3n) is 2.43. The molecule has 74 valence electrons. The highest BCUT2D eigenvalue weighted by molar-refractivity contribution is 9.10. The van der Waals surface area contributed by atoms with Gasteiger partial charge in [0.2, 0.25) is 0 Å². The molecule has 0 radical (unpaired) electrons. The third-order valence-corrected chi connectivity index (χ3v) is 3.24. The second-order valence-electron chi connectivity index (χ2n) is 3.24. The normalized spacial score (nSPS) is 11.1. The predicted octanol–water partition coefficient (Wildman–Crippen LogP) is 3.85. The maximum absolute atomic E-state index is 4.34. The van der Waals surface area contributed by atoms with E-state index in [0.29, 0.717) is 0 Å². The standard InChI is InChI=1S/C11H12BrNS/c1-2-13-10(7-14)6-8-5-9(12)3-4-11(8)13/h3-6,14H,2,7H2,1H3. The lowest BCUT2D eigenvalue weighted by molar-refractivity contribution is 0.766. The molecule has 14 heavy (non-hydrogen) atoms. The van der Waals surface area contributed by atoms with Crippen LogP contribution in [0.3, 0.4) is 0 Å².